The summed E-state index contributed by atoms with van der Waals surface area (Å²) < 4.78 is 50.5. The molecular weight excluding hydrogens is 582 g/mol. The molecule has 0 spiro atoms. The summed E-state index contributed by atoms with van der Waals surface area (Å²) in [7, 11) is 0. The van der Waals surface area contributed by atoms with E-state index in [1.54, 1.807) is 12.1 Å². The number of halogens is 2. The van der Waals surface area contributed by atoms with Crippen LogP contribution in [-0.2, 0) is 22.7 Å². The molecule has 3 N–H and O–H groups in total. The van der Waals surface area contributed by atoms with E-state index in [0.29, 0.717) is 0 Å². The van der Waals surface area contributed by atoms with E-state index >= 15 is 0 Å². The minimum absolute atomic E-state index is 0.0218. The SMILES string of the molecule is Cc1oc(-c2ccc(NC(=O)OCc3ccccc3)cc2F)nc1C(=O)OCc1coc(-c2ccc(NC(=O)O)cc2F)n1. The molecule has 0 unspecified atom stereocenters. The predicted octanol–water partition coefficient (Wildman–Crippen LogP) is 6.78. The summed E-state index contributed by atoms with van der Waals surface area (Å²) in [6.45, 7) is 1.13. The van der Waals surface area contributed by atoms with Gasteiger partial charge in [0.15, 0.2) is 5.69 Å². The van der Waals surface area contributed by atoms with Crippen molar-refractivity contribution in [2.24, 2.45) is 0 Å². The van der Waals surface area contributed by atoms with E-state index in [-0.39, 0.29) is 64.6 Å². The van der Waals surface area contributed by atoms with Crippen molar-refractivity contribution in [3.05, 3.63) is 107 Å². The van der Waals surface area contributed by atoms with Crippen LogP contribution in [0, 0.1) is 18.6 Å². The standard InChI is InChI=1S/C30H22F2N4O8/c1-16-25(28(37)42-15-20-14-41-26(33-20)21-9-7-18(11-23(21)31)34-29(38)39)36-27(44-16)22-10-8-19(12-24(22)32)35-30(40)43-13-17-5-3-2-4-6-17/h2-12,14,34H,13,15H2,1H3,(H,35,40)(H,38,39). The van der Waals surface area contributed by atoms with E-state index in [0.717, 1.165) is 24.0 Å². The van der Waals surface area contributed by atoms with Crippen LogP contribution < -0.4 is 10.6 Å². The Bertz CT molecular complexity index is 1840. The Hall–Kier alpha value is -6.05. The zero-order valence-electron chi connectivity index (χ0n) is 22.8. The van der Waals surface area contributed by atoms with Gasteiger partial charge >= 0.3 is 18.2 Å². The molecule has 0 saturated carbocycles. The third-order valence-electron chi connectivity index (χ3n) is 6.00. The Balaban J connectivity index is 1.19. The van der Waals surface area contributed by atoms with Crippen molar-refractivity contribution in [1.82, 2.24) is 9.97 Å². The summed E-state index contributed by atoms with van der Waals surface area (Å²) >= 11 is 0. The van der Waals surface area contributed by atoms with E-state index in [9.17, 15) is 23.2 Å². The molecular formula is C30H22F2N4O8. The number of hydrogen-bond donors (Lipinski definition) is 3. The van der Waals surface area contributed by atoms with E-state index in [1.165, 1.54) is 31.2 Å². The molecule has 2 amide bonds. The number of carbonyl (C=O) groups excluding carboxylic acids is 2. The lowest BCUT2D eigenvalue weighted by molar-refractivity contribution is 0.0459. The van der Waals surface area contributed by atoms with E-state index in [4.69, 9.17) is 23.4 Å². The lowest BCUT2D eigenvalue weighted by Gasteiger charge is -2.08. The first kappa shape index (κ1) is 29.4. The minimum atomic E-state index is -1.35. The molecule has 44 heavy (non-hydrogen) atoms. The van der Waals surface area contributed by atoms with Crippen LogP contribution in [0.25, 0.3) is 22.9 Å². The molecule has 3 aromatic carbocycles. The molecule has 0 aliphatic heterocycles. The number of carbonyl (C=O) groups is 3. The molecule has 0 aliphatic carbocycles. The monoisotopic (exact) mass is 604 g/mol. The first-order valence-electron chi connectivity index (χ1n) is 12.8. The second-order valence-electron chi connectivity index (χ2n) is 9.15. The molecule has 2 aromatic heterocycles. The van der Waals surface area contributed by atoms with Gasteiger partial charge in [0.2, 0.25) is 11.8 Å². The Labute approximate surface area is 247 Å². The fourth-order valence-corrected chi connectivity index (χ4v) is 3.94. The van der Waals surface area contributed by atoms with Crippen LogP contribution in [0.3, 0.4) is 0 Å². The van der Waals surface area contributed by atoms with Crippen molar-refractivity contribution in [1.29, 1.82) is 0 Å². The lowest BCUT2D eigenvalue weighted by atomic mass is 10.2. The molecule has 224 valence electrons. The number of nitrogens with one attached hydrogen (secondary N) is 2. The maximum Gasteiger partial charge on any atom is 0.411 e. The van der Waals surface area contributed by atoms with Crippen LogP contribution >= 0.6 is 0 Å². The smallest absolute Gasteiger partial charge is 0.411 e. The number of nitrogens with zero attached hydrogens (tertiary/aromatic N) is 2. The van der Waals surface area contributed by atoms with E-state index < -0.39 is 29.8 Å². The Morgan fingerprint density at radius 1 is 0.841 bits per heavy atom. The first-order valence-corrected chi connectivity index (χ1v) is 12.8. The molecule has 5 aromatic rings. The van der Waals surface area contributed by atoms with Gasteiger partial charge in [-0.15, -0.1) is 0 Å². The predicted molar refractivity (Wildman–Crippen MR) is 150 cm³/mol. The molecule has 5 rings (SSSR count). The molecule has 0 bridgehead atoms. The number of aryl methyl sites for hydroxylation is 1. The largest absolute Gasteiger partial charge is 0.465 e. The minimum Gasteiger partial charge on any atom is -0.465 e. The fraction of sp³-hybridized carbons (Fsp3) is 0.100. The molecule has 2 heterocycles. The van der Waals surface area contributed by atoms with Gasteiger partial charge in [-0.3, -0.25) is 10.6 Å². The maximum atomic E-state index is 14.9. The summed E-state index contributed by atoms with van der Waals surface area (Å²) in [6.07, 6.45) is -0.955. The Morgan fingerprint density at radius 3 is 2.16 bits per heavy atom. The van der Waals surface area contributed by atoms with Gasteiger partial charge < -0.3 is 23.4 Å². The van der Waals surface area contributed by atoms with Gasteiger partial charge in [-0.1, -0.05) is 30.3 Å². The highest BCUT2D eigenvalue weighted by molar-refractivity contribution is 5.89. The quantitative estimate of drug-likeness (QED) is 0.153. The highest BCUT2D eigenvalue weighted by Gasteiger charge is 2.22. The van der Waals surface area contributed by atoms with Crippen molar-refractivity contribution in [2.75, 3.05) is 10.6 Å². The molecule has 0 saturated heterocycles. The third kappa shape index (κ3) is 7.05. The Kier molecular flexibility index (Phi) is 8.60. The number of esters is 1. The van der Waals surface area contributed by atoms with Gasteiger partial charge in [0.05, 0.1) is 11.1 Å². The number of carboxylic acid groups (broad SMARTS) is 1. The first-order chi connectivity index (χ1) is 21.2. The van der Waals surface area contributed by atoms with Crippen molar-refractivity contribution in [2.45, 2.75) is 20.1 Å². The molecule has 0 radical (unpaired) electrons. The van der Waals surface area contributed by atoms with Gasteiger partial charge in [0.1, 0.15) is 42.6 Å². The fourth-order valence-electron chi connectivity index (χ4n) is 3.94. The van der Waals surface area contributed by atoms with Crippen molar-refractivity contribution >= 4 is 29.5 Å². The zero-order chi connectivity index (χ0) is 31.2. The number of rotatable bonds is 9. The molecule has 0 fully saturated rings. The van der Waals surface area contributed by atoms with Crippen LogP contribution in [0.2, 0.25) is 0 Å². The highest BCUT2D eigenvalue weighted by Crippen LogP contribution is 2.28. The number of hydrogen-bond acceptors (Lipinski definition) is 9. The number of amides is 2. The summed E-state index contributed by atoms with van der Waals surface area (Å²) in [6, 6.07) is 16.4. The lowest BCUT2D eigenvalue weighted by Crippen LogP contribution is -2.13. The van der Waals surface area contributed by atoms with Crippen LogP contribution in [0.4, 0.5) is 29.7 Å². The number of aromatic nitrogens is 2. The number of benzene rings is 3. The van der Waals surface area contributed by atoms with Gasteiger partial charge in [-0.25, -0.2) is 33.1 Å². The summed E-state index contributed by atoms with van der Waals surface area (Å²) in [5.74, 6) is -2.70. The number of ether oxygens (including phenoxy) is 2. The second kappa shape index (κ2) is 12.9. The molecule has 12 nitrogen and oxygen atoms in total. The maximum absolute atomic E-state index is 14.9. The normalized spacial score (nSPS) is 10.7. The number of anilines is 2. The van der Waals surface area contributed by atoms with E-state index in [1.807, 2.05) is 23.5 Å². The van der Waals surface area contributed by atoms with Gasteiger partial charge in [-0.2, -0.15) is 0 Å². The van der Waals surface area contributed by atoms with Gasteiger partial charge in [-0.05, 0) is 48.9 Å². The van der Waals surface area contributed by atoms with Crippen molar-refractivity contribution in [3.63, 3.8) is 0 Å². The summed E-state index contributed by atoms with van der Waals surface area (Å²) in [5, 5.41) is 13.2. The summed E-state index contributed by atoms with van der Waals surface area (Å²) in [4.78, 5) is 43.7. The summed E-state index contributed by atoms with van der Waals surface area (Å²) in [5.41, 5.74) is 0.783. The molecule has 0 atom stereocenters. The van der Waals surface area contributed by atoms with Gasteiger partial charge in [0.25, 0.3) is 0 Å². The molecule has 14 heteroatoms. The molecule has 0 aliphatic rings. The zero-order valence-corrected chi connectivity index (χ0v) is 22.8. The average Bonchev–Trinajstić information content (AvgIpc) is 3.62. The van der Waals surface area contributed by atoms with Crippen molar-refractivity contribution in [3.8, 4) is 22.9 Å². The average molecular weight is 605 g/mol. The number of oxazole rings is 2. The topological polar surface area (TPSA) is 166 Å². The second-order valence-corrected chi connectivity index (χ2v) is 9.15. The van der Waals surface area contributed by atoms with Crippen molar-refractivity contribution < 1.29 is 46.6 Å². The van der Waals surface area contributed by atoms with E-state index in [2.05, 4.69) is 15.3 Å². The van der Waals surface area contributed by atoms with Gasteiger partial charge in [0, 0.05) is 11.4 Å². The Morgan fingerprint density at radius 2 is 1.50 bits per heavy atom. The van der Waals surface area contributed by atoms with Crippen LogP contribution in [0.15, 0.2) is 81.8 Å². The van der Waals surface area contributed by atoms with Crippen LogP contribution in [0.5, 0.6) is 0 Å². The highest BCUT2D eigenvalue weighted by atomic mass is 19.1. The van der Waals surface area contributed by atoms with Crippen LogP contribution in [0.1, 0.15) is 27.5 Å². The van der Waals surface area contributed by atoms with Crippen LogP contribution in [-0.4, -0.2) is 33.2 Å². The third-order valence-corrected chi connectivity index (χ3v) is 6.00.